The Morgan fingerprint density at radius 2 is 1.97 bits per heavy atom. The van der Waals surface area contributed by atoms with Gasteiger partial charge in [-0.1, -0.05) is 0 Å². The lowest BCUT2D eigenvalue weighted by Gasteiger charge is -2.19. The SMILES string of the molecule is COc1cc2c(Nc3ccc4[nH]c(C)cc4c3F)ccnc2cc1OCC1(NC(C)=O)CC1. The van der Waals surface area contributed by atoms with Crippen LogP contribution in [0.1, 0.15) is 25.5 Å². The van der Waals surface area contributed by atoms with Crippen molar-refractivity contribution in [1.29, 1.82) is 0 Å². The number of nitrogens with zero attached hydrogens (tertiary/aromatic N) is 1. The van der Waals surface area contributed by atoms with E-state index >= 15 is 4.39 Å². The Balaban J connectivity index is 1.46. The number of carbonyl (C=O) groups is 1. The molecular formula is C25H25FN4O3. The summed E-state index contributed by atoms with van der Waals surface area (Å²) < 4.78 is 26.7. The van der Waals surface area contributed by atoms with E-state index in [0.29, 0.717) is 40.4 Å². The molecule has 170 valence electrons. The molecule has 0 atom stereocenters. The van der Waals surface area contributed by atoms with E-state index in [4.69, 9.17) is 9.47 Å². The van der Waals surface area contributed by atoms with E-state index in [9.17, 15) is 4.79 Å². The van der Waals surface area contributed by atoms with Crippen molar-refractivity contribution in [2.24, 2.45) is 0 Å². The molecule has 0 saturated heterocycles. The first-order valence-corrected chi connectivity index (χ1v) is 10.8. The third-order valence-electron chi connectivity index (χ3n) is 5.97. The lowest BCUT2D eigenvalue weighted by molar-refractivity contribution is -0.120. The summed E-state index contributed by atoms with van der Waals surface area (Å²) in [5.41, 5.74) is 3.10. The second-order valence-corrected chi connectivity index (χ2v) is 8.59. The van der Waals surface area contributed by atoms with Gasteiger partial charge in [0, 0.05) is 46.9 Å². The first-order chi connectivity index (χ1) is 15.9. The smallest absolute Gasteiger partial charge is 0.217 e. The van der Waals surface area contributed by atoms with Gasteiger partial charge in [-0.15, -0.1) is 0 Å². The number of nitrogens with one attached hydrogen (secondary N) is 3. The highest BCUT2D eigenvalue weighted by molar-refractivity contribution is 5.96. The molecule has 1 fully saturated rings. The molecule has 7 nitrogen and oxygen atoms in total. The van der Waals surface area contributed by atoms with Gasteiger partial charge in [-0.2, -0.15) is 0 Å². The number of pyridine rings is 1. The van der Waals surface area contributed by atoms with Crippen molar-refractivity contribution >= 4 is 39.1 Å². The van der Waals surface area contributed by atoms with Crippen LogP contribution < -0.4 is 20.1 Å². The number of aromatic amines is 1. The molecule has 8 heteroatoms. The number of H-pyrrole nitrogens is 1. The maximum atomic E-state index is 15.1. The lowest BCUT2D eigenvalue weighted by atomic mass is 10.1. The standard InChI is InChI=1S/C25H25FN4O3/c1-14-10-17-18(28-14)4-5-20(24(17)26)29-19-6-9-27-21-12-23(22(32-3)11-16(19)21)33-13-25(7-8-25)30-15(2)31/h4-6,9-12,28H,7-8,13H2,1-3H3,(H,27,29)(H,30,31). The second-order valence-electron chi connectivity index (χ2n) is 8.59. The molecule has 0 radical (unpaired) electrons. The number of amides is 1. The molecule has 3 N–H and O–H groups in total. The highest BCUT2D eigenvalue weighted by atomic mass is 19.1. The number of ether oxygens (including phenoxy) is 2. The van der Waals surface area contributed by atoms with Crippen molar-refractivity contribution in [3.8, 4) is 11.5 Å². The van der Waals surface area contributed by atoms with Crippen LogP contribution in [0.3, 0.4) is 0 Å². The number of benzene rings is 2. The van der Waals surface area contributed by atoms with E-state index in [1.165, 1.54) is 6.92 Å². The van der Waals surface area contributed by atoms with Gasteiger partial charge < -0.3 is 25.1 Å². The number of rotatable bonds is 7. The number of aryl methyl sites for hydroxylation is 1. The van der Waals surface area contributed by atoms with Gasteiger partial charge in [0.15, 0.2) is 17.3 Å². The van der Waals surface area contributed by atoms with Crippen LogP contribution in [0.2, 0.25) is 0 Å². The Bertz CT molecular complexity index is 1380. The van der Waals surface area contributed by atoms with E-state index in [1.54, 1.807) is 37.6 Å². The maximum absolute atomic E-state index is 15.1. The first kappa shape index (κ1) is 21.1. The molecular weight excluding hydrogens is 423 g/mol. The number of fused-ring (bicyclic) bond motifs is 2. The zero-order valence-electron chi connectivity index (χ0n) is 18.7. The monoisotopic (exact) mass is 448 g/mol. The molecule has 2 aromatic heterocycles. The summed E-state index contributed by atoms with van der Waals surface area (Å²) >= 11 is 0. The minimum Gasteiger partial charge on any atom is -0.493 e. The summed E-state index contributed by atoms with van der Waals surface area (Å²) in [7, 11) is 1.57. The second kappa shape index (κ2) is 7.95. The Kier molecular flexibility index (Phi) is 5.08. The van der Waals surface area contributed by atoms with Gasteiger partial charge in [-0.3, -0.25) is 9.78 Å². The van der Waals surface area contributed by atoms with Crippen LogP contribution >= 0.6 is 0 Å². The number of hydrogen-bond acceptors (Lipinski definition) is 5. The molecule has 0 unspecified atom stereocenters. The number of halogens is 1. The summed E-state index contributed by atoms with van der Waals surface area (Å²) in [6.45, 7) is 3.76. The van der Waals surface area contributed by atoms with E-state index < -0.39 is 0 Å². The fourth-order valence-electron chi connectivity index (χ4n) is 4.13. The van der Waals surface area contributed by atoms with Crippen molar-refractivity contribution in [2.75, 3.05) is 19.0 Å². The van der Waals surface area contributed by atoms with Gasteiger partial charge in [0.25, 0.3) is 0 Å². The van der Waals surface area contributed by atoms with Crippen molar-refractivity contribution in [3.63, 3.8) is 0 Å². The van der Waals surface area contributed by atoms with Crippen LogP contribution in [0.5, 0.6) is 11.5 Å². The lowest BCUT2D eigenvalue weighted by Crippen LogP contribution is -2.40. The van der Waals surface area contributed by atoms with Gasteiger partial charge in [-0.25, -0.2) is 4.39 Å². The van der Waals surface area contributed by atoms with Crippen LogP contribution in [0.25, 0.3) is 21.8 Å². The van der Waals surface area contributed by atoms with Crippen LogP contribution in [-0.2, 0) is 4.79 Å². The Labute approximate surface area is 190 Å². The molecule has 4 aromatic rings. The van der Waals surface area contributed by atoms with Crippen LogP contribution in [0, 0.1) is 12.7 Å². The molecule has 1 saturated carbocycles. The van der Waals surface area contributed by atoms with E-state index in [2.05, 4.69) is 20.6 Å². The van der Waals surface area contributed by atoms with Crippen molar-refractivity contribution in [1.82, 2.24) is 15.3 Å². The van der Waals surface area contributed by atoms with E-state index in [-0.39, 0.29) is 17.3 Å². The van der Waals surface area contributed by atoms with Crippen LogP contribution in [0.15, 0.2) is 42.6 Å². The fraction of sp³-hybridized carbons (Fsp3) is 0.280. The molecule has 1 aliphatic rings. The van der Waals surface area contributed by atoms with Gasteiger partial charge in [0.1, 0.15) is 6.61 Å². The van der Waals surface area contributed by atoms with Crippen molar-refractivity contribution in [2.45, 2.75) is 32.2 Å². The molecule has 1 amide bonds. The van der Waals surface area contributed by atoms with E-state index in [1.807, 2.05) is 19.1 Å². The maximum Gasteiger partial charge on any atom is 0.217 e. The molecule has 2 aromatic carbocycles. The summed E-state index contributed by atoms with van der Waals surface area (Å²) in [5.74, 6) is 0.691. The van der Waals surface area contributed by atoms with E-state index in [0.717, 1.165) is 29.4 Å². The van der Waals surface area contributed by atoms with Crippen molar-refractivity contribution < 1.29 is 18.7 Å². The van der Waals surface area contributed by atoms with Crippen molar-refractivity contribution in [3.05, 3.63) is 54.1 Å². The first-order valence-electron chi connectivity index (χ1n) is 10.8. The Morgan fingerprint density at radius 3 is 2.70 bits per heavy atom. The molecule has 0 aliphatic heterocycles. The molecule has 0 spiro atoms. The van der Waals surface area contributed by atoms with Crippen LogP contribution in [0.4, 0.5) is 15.8 Å². The zero-order valence-corrected chi connectivity index (χ0v) is 18.7. The highest BCUT2D eigenvalue weighted by Crippen LogP contribution is 2.40. The minimum absolute atomic E-state index is 0.0702. The van der Waals surface area contributed by atoms with Gasteiger partial charge in [-0.05, 0) is 50.1 Å². The average Bonchev–Trinajstić information content (AvgIpc) is 3.43. The number of methoxy groups -OCH3 is 1. The molecule has 2 heterocycles. The van der Waals surface area contributed by atoms with Gasteiger partial charge in [0.05, 0.1) is 23.9 Å². The predicted octanol–water partition coefficient (Wildman–Crippen LogP) is 4.96. The minimum atomic E-state index is -0.318. The predicted molar refractivity (Wildman–Crippen MR) is 126 cm³/mol. The summed E-state index contributed by atoms with van der Waals surface area (Å²) in [5, 5.41) is 7.48. The normalized spacial score (nSPS) is 14.3. The molecule has 0 bridgehead atoms. The number of aromatic nitrogens is 2. The summed E-state index contributed by atoms with van der Waals surface area (Å²) in [6.07, 6.45) is 3.42. The topological polar surface area (TPSA) is 88.3 Å². The third-order valence-corrected chi connectivity index (χ3v) is 5.97. The molecule has 33 heavy (non-hydrogen) atoms. The van der Waals surface area contributed by atoms with Gasteiger partial charge in [0.2, 0.25) is 5.91 Å². The molecule has 5 rings (SSSR count). The highest BCUT2D eigenvalue weighted by Gasteiger charge is 2.44. The number of carbonyl (C=O) groups excluding carboxylic acids is 1. The fourth-order valence-corrected chi connectivity index (χ4v) is 4.13. The largest absolute Gasteiger partial charge is 0.493 e. The third kappa shape index (κ3) is 4.04. The quantitative estimate of drug-likeness (QED) is 0.372. The summed E-state index contributed by atoms with van der Waals surface area (Å²) in [4.78, 5) is 19.1. The summed E-state index contributed by atoms with van der Waals surface area (Å²) in [6, 6.07) is 10.8. The zero-order chi connectivity index (χ0) is 23.2. The van der Waals surface area contributed by atoms with Gasteiger partial charge >= 0.3 is 0 Å². The molecule has 1 aliphatic carbocycles. The Hall–Kier alpha value is -3.81. The Morgan fingerprint density at radius 1 is 1.15 bits per heavy atom. The average molecular weight is 448 g/mol. The number of anilines is 2. The van der Waals surface area contributed by atoms with Crippen LogP contribution in [-0.4, -0.2) is 35.1 Å². The number of hydrogen-bond donors (Lipinski definition) is 3.